The molecule has 4 nitrogen and oxygen atoms in total. The van der Waals surface area contributed by atoms with Crippen molar-refractivity contribution in [1.82, 2.24) is 14.4 Å². The molecule has 0 aliphatic heterocycles. The van der Waals surface area contributed by atoms with Gasteiger partial charge in [0.15, 0.2) is 11.3 Å². The Morgan fingerprint density at radius 2 is 2.10 bits per heavy atom. The number of hydrogen-bond donors (Lipinski definition) is 0. The monoisotopic (exact) mass is 284 g/mol. The summed E-state index contributed by atoms with van der Waals surface area (Å²) >= 11 is 0. The first-order valence-electron chi connectivity index (χ1n) is 6.25. The van der Waals surface area contributed by atoms with Gasteiger partial charge in [-0.15, -0.1) is 0 Å². The molecule has 0 fully saturated rings. The van der Waals surface area contributed by atoms with Gasteiger partial charge in [0.25, 0.3) is 0 Å². The zero-order valence-electron chi connectivity index (χ0n) is 11.1. The standard InChI is InChI=1S/C15H10F2N4/c1-9-4-13(17)10(5-12(9)16)6-14-15-19-2-3-21(15)8-11(7-18)20-14/h2-5,8H,6H2,1H3. The van der Waals surface area contributed by atoms with Gasteiger partial charge >= 0.3 is 0 Å². The molecule has 0 N–H and O–H groups in total. The van der Waals surface area contributed by atoms with E-state index in [2.05, 4.69) is 9.97 Å². The predicted molar refractivity (Wildman–Crippen MR) is 71.6 cm³/mol. The Kier molecular flexibility index (Phi) is 3.10. The maximum atomic E-state index is 13.9. The van der Waals surface area contributed by atoms with Crippen LogP contribution in [0.1, 0.15) is 22.5 Å². The summed E-state index contributed by atoms with van der Waals surface area (Å²) in [5.41, 5.74) is 1.59. The third-order valence-corrected chi connectivity index (χ3v) is 3.24. The fourth-order valence-corrected chi connectivity index (χ4v) is 2.17. The van der Waals surface area contributed by atoms with Gasteiger partial charge in [-0.25, -0.2) is 18.7 Å². The number of aryl methyl sites for hydroxylation is 1. The molecule has 2 heterocycles. The summed E-state index contributed by atoms with van der Waals surface area (Å²) in [4.78, 5) is 8.28. The van der Waals surface area contributed by atoms with E-state index in [4.69, 9.17) is 5.26 Å². The van der Waals surface area contributed by atoms with Crippen molar-refractivity contribution < 1.29 is 8.78 Å². The fourth-order valence-electron chi connectivity index (χ4n) is 2.17. The van der Waals surface area contributed by atoms with Crippen LogP contribution in [0, 0.1) is 29.9 Å². The Labute approximate surface area is 119 Å². The molecule has 0 saturated heterocycles. The molecule has 0 aliphatic rings. The summed E-state index contributed by atoms with van der Waals surface area (Å²) in [6, 6.07) is 4.25. The van der Waals surface area contributed by atoms with E-state index in [0.29, 0.717) is 11.3 Å². The van der Waals surface area contributed by atoms with Crippen LogP contribution in [0.15, 0.2) is 30.7 Å². The smallest absolute Gasteiger partial charge is 0.158 e. The zero-order valence-corrected chi connectivity index (χ0v) is 11.1. The second kappa shape index (κ2) is 4.94. The Hall–Kier alpha value is -2.81. The highest BCUT2D eigenvalue weighted by atomic mass is 19.1. The van der Waals surface area contributed by atoms with Crippen LogP contribution in [-0.2, 0) is 6.42 Å². The minimum absolute atomic E-state index is 0.0685. The van der Waals surface area contributed by atoms with Crippen LogP contribution in [0.2, 0.25) is 0 Å². The minimum Gasteiger partial charge on any atom is -0.303 e. The van der Waals surface area contributed by atoms with E-state index in [-0.39, 0.29) is 23.2 Å². The SMILES string of the molecule is Cc1cc(F)c(Cc2nc(C#N)cn3ccnc23)cc1F. The number of nitriles is 1. The Morgan fingerprint density at radius 3 is 2.86 bits per heavy atom. The molecule has 0 radical (unpaired) electrons. The highest BCUT2D eigenvalue weighted by Crippen LogP contribution is 2.19. The number of aromatic nitrogens is 3. The molecule has 104 valence electrons. The van der Waals surface area contributed by atoms with Gasteiger partial charge in [-0.3, -0.25) is 0 Å². The van der Waals surface area contributed by atoms with Gasteiger partial charge in [-0.05, 0) is 30.2 Å². The summed E-state index contributed by atoms with van der Waals surface area (Å²) in [6.45, 7) is 1.50. The second-order valence-corrected chi connectivity index (χ2v) is 4.71. The normalized spacial score (nSPS) is 10.8. The lowest BCUT2D eigenvalue weighted by Gasteiger charge is -2.07. The zero-order chi connectivity index (χ0) is 15.0. The lowest BCUT2D eigenvalue weighted by molar-refractivity contribution is 0.581. The fraction of sp³-hybridized carbons (Fsp3) is 0.133. The maximum Gasteiger partial charge on any atom is 0.158 e. The summed E-state index contributed by atoms with van der Waals surface area (Å²) in [7, 11) is 0. The molecule has 0 aliphatic carbocycles. The third-order valence-electron chi connectivity index (χ3n) is 3.24. The lowest BCUT2D eigenvalue weighted by Crippen LogP contribution is -2.03. The van der Waals surface area contributed by atoms with Gasteiger partial charge in [0.05, 0.1) is 5.69 Å². The molecule has 21 heavy (non-hydrogen) atoms. The summed E-state index contributed by atoms with van der Waals surface area (Å²) in [5, 5.41) is 8.98. The first-order valence-corrected chi connectivity index (χ1v) is 6.25. The van der Waals surface area contributed by atoms with Gasteiger partial charge in [0.1, 0.15) is 17.7 Å². The number of hydrogen-bond acceptors (Lipinski definition) is 3. The highest BCUT2D eigenvalue weighted by Gasteiger charge is 2.13. The first kappa shape index (κ1) is 13.2. The van der Waals surface area contributed by atoms with Crippen molar-refractivity contribution in [2.75, 3.05) is 0 Å². The molecule has 1 aromatic carbocycles. The molecule has 0 amide bonds. The van der Waals surface area contributed by atoms with E-state index in [1.807, 2.05) is 6.07 Å². The van der Waals surface area contributed by atoms with Crippen molar-refractivity contribution in [2.45, 2.75) is 13.3 Å². The molecule has 0 bridgehead atoms. The lowest BCUT2D eigenvalue weighted by atomic mass is 10.1. The molecule has 3 rings (SSSR count). The van der Waals surface area contributed by atoms with Crippen LogP contribution in [0.25, 0.3) is 5.65 Å². The second-order valence-electron chi connectivity index (χ2n) is 4.71. The molecule has 0 unspecified atom stereocenters. The Morgan fingerprint density at radius 1 is 1.29 bits per heavy atom. The number of fused-ring (bicyclic) bond motifs is 1. The average Bonchev–Trinajstić information content (AvgIpc) is 2.93. The molecule has 0 saturated carbocycles. The summed E-state index contributed by atoms with van der Waals surface area (Å²) < 4.78 is 29.2. The Balaban J connectivity index is 2.12. The van der Waals surface area contributed by atoms with Crippen molar-refractivity contribution in [3.63, 3.8) is 0 Å². The van der Waals surface area contributed by atoms with Gasteiger partial charge in [0.2, 0.25) is 0 Å². The first-order chi connectivity index (χ1) is 10.1. The maximum absolute atomic E-state index is 13.9. The number of rotatable bonds is 2. The van der Waals surface area contributed by atoms with Gasteiger partial charge in [-0.1, -0.05) is 0 Å². The van der Waals surface area contributed by atoms with Crippen molar-refractivity contribution in [1.29, 1.82) is 5.26 Å². The van der Waals surface area contributed by atoms with Crippen LogP contribution in [-0.4, -0.2) is 14.4 Å². The molecular weight excluding hydrogens is 274 g/mol. The van der Waals surface area contributed by atoms with Gasteiger partial charge in [-0.2, -0.15) is 5.26 Å². The molecule has 0 atom stereocenters. The average molecular weight is 284 g/mol. The number of halogens is 2. The Bertz CT molecular complexity index is 877. The van der Waals surface area contributed by atoms with E-state index in [0.717, 1.165) is 12.1 Å². The van der Waals surface area contributed by atoms with E-state index < -0.39 is 11.6 Å². The van der Waals surface area contributed by atoms with Crippen LogP contribution >= 0.6 is 0 Å². The van der Waals surface area contributed by atoms with Crippen LogP contribution < -0.4 is 0 Å². The molecule has 6 heteroatoms. The van der Waals surface area contributed by atoms with Crippen molar-refractivity contribution in [3.8, 4) is 6.07 Å². The van der Waals surface area contributed by atoms with Crippen LogP contribution in [0.4, 0.5) is 8.78 Å². The van der Waals surface area contributed by atoms with E-state index >= 15 is 0 Å². The van der Waals surface area contributed by atoms with E-state index in [1.165, 1.54) is 13.1 Å². The van der Waals surface area contributed by atoms with Crippen molar-refractivity contribution in [3.05, 3.63) is 64.9 Å². The number of benzene rings is 1. The number of imidazole rings is 1. The highest BCUT2D eigenvalue weighted by molar-refractivity contribution is 5.48. The summed E-state index contributed by atoms with van der Waals surface area (Å²) in [6.07, 6.45) is 4.85. The molecular formula is C15H10F2N4. The van der Waals surface area contributed by atoms with Gasteiger partial charge in [0, 0.05) is 25.0 Å². The third kappa shape index (κ3) is 2.34. The van der Waals surface area contributed by atoms with E-state index in [1.54, 1.807) is 16.8 Å². The quantitative estimate of drug-likeness (QED) is 0.727. The minimum atomic E-state index is -0.497. The summed E-state index contributed by atoms with van der Waals surface area (Å²) in [5.74, 6) is -0.968. The van der Waals surface area contributed by atoms with Crippen LogP contribution in [0.5, 0.6) is 0 Å². The van der Waals surface area contributed by atoms with Crippen LogP contribution in [0.3, 0.4) is 0 Å². The molecule has 3 aromatic rings. The van der Waals surface area contributed by atoms with E-state index in [9.17, 15) is 8.78 Å². The predicted octanol–water partition coefficient (Wildman–Crippen LogP) is 2.78. The van der Waals surface area contributed by atoms with Crippen molar-refractivity contribution in [2.24, 2.45) is 0 Å². The largest absolute Gasteiger partial charge is 0.303 e. The topological polar surface area (TPSA) is 54.0 Å². The van der Waals surface area contributed by atoms with Crippen molar-refractivity contribution >= 4 is 5.65 Å². The number of nitrogens with zero attached hydrogens (tertiary/aromatic N) is 4. The van der Waals surface area contributed by atoms with Gasteiger partial charge < -0.3 is 4.40 Å². The molecule has 0 spiro atoms. The molecule has 2 aromatic heterocycles.